The minimum Gasteiger partial charge on any atom is -0.339 e. The fraction of sp³-hybridized carbons (Fsp3) is 0.417. The molecule has 88 valence electrons. The van der Waals surface area contributed by atoms with Gasteiger partial charge in [-0.2, -0.15) is 5.10 Å². The van der Waals surface area contributed by atoms with Crippen LogP contribution in [0, 0.1) is 0 Å². The SMILES string of the molecule is O=C(c1cnn2ccncc12)N1CCCCC1. The number of hydrogen-bond acceptors (Lipinski definition) is 3. The maximum absolute atomic E-state index is 12.3. The maximum atomic E-state index is 12.3. The average Bonchev–Trinajstić information content (AvgIpc) is 2.83. The summed E-state index contributed by atoms with van der Waals surface area (Å²) in [5.74, 6) is 0.0766. The van der Waals surface area contributed by atoms with Crippen LogP contribution in [-0.4, -0.2) is 38.5 Å². The molecule has 3 heterocycles. The van der Waals surface area contributed by atoms with Crippen molar-refractivity contribution in [1.82, 2.24) is 19.5 Å². The highest BCUT2D eigenvalue weighted by molar-refractivity contribution is 6.00. The lowest BCUT2D eigenvalue weighted by molar-refractivity contribution is 0.0726. The largest absolute Gasteiger partial charge is 0.339 e. The topological polar surface area (TPSA) is 50.5 Å². The molecule has 0 N–H and O–H groups in total. The van der Waals surface area contributed by atoms with E-state index in [2.05, 4.69) is 10.1 Å². The first-order valence-electron chi connectivity index (χ1n) is 5.93. The van der Waals surface area contributed by atoms with Crippen LogP contribution in [0.4, 0.5) is 0 Å². The smallest absolute Gasteiger partial charge is 0.257 e. The predicted octanol–water partition coefficient (Wildman–Crippen LogP) is 1.36. The van der Waals surface area contributed by atoms with E-state index in [1.807, 2.05) is 4.90 Å². The lowest BCUT2D eigenvalue weighted by Gasteiger charge is -2.26. The van der Waals surface area contributed by atoms with Crippen molar-refractivity contribution in [2.75, 3.05) is 13.1 Å². The van der Waals surface area contributed by atoms with Crippen LogP contribution in [0.2, 0.25) is 0 Å². The zero-order chi connectivity index (χ0) is 11.7. The first-order chi connectivity index (χ1) is 8.36. The Bertz CT molecular complexity index is 542. The summed E-state index contributed by atoms with van der Waals surface area (Å²) in [6.07, 6.45) is 10.2. The molecule has 1 aliphatic heterocycles. The summed E-state index contributed by atoms with van der Waals surface area (Å²) in [7, 11) is 0. The van der Waals surface area contributed by atoms with E-state index in [-0.39, 0.29) is 5.91 Å². The van der Waals surface area contributed by atoms with E-state index in [1.165, 1.54) is 6.42 Å². The van der Waals surface area contributed by atoms with Gasteiger partial charge in [0.15, 0.2) is 0 Å². The minimum absolute atomic E-state index is 0.0766. The number of carbonyl (C=O) groups is 1. The van der Waals surface area contributed by atoms with E-state index >= 15 is 0 Å². The van der Waals surface area contributed by atoms with Crippen molar-refractivity contribution in [3.63, 3.8) is 0 Å². The summed E-state index contributed by atoms with van der Waals surface area (Å²) in [6.45, 7) is 1.72. The Balaban J connectivity index is 1.95. The van der Waals surface area contributed by atoms with Gasteiger partial charge < -0.3 is 4.90 Å². The molecule has 0 saturated carbocycles. The van der Waals surface area contributed by atoms with Crippen LogP contribution >= 0.6 is 0 Å². The molecule has 5 heteroatoms. The lowest BCUT2D eigenvalue weighted by Crippen LogP contribution is -2.35. The van der Waals surface area contributed by atoms with Gasteiger partial charge in [0, 0.05) is 25.5 Å². The van der Waals surface area contributed by atoms with Crippen molar-refractivity contribution in [3.8, 4) is 0 Å². The molecule has 0 spiro atoms. The van der Waals surface area contributed by atoms with Gasteiger partial charge in [-0.05, 0) is 19.3 Å². The maximum Gasteiger partial charge on any atom is 0.257 e. The molecule has 1 saturated heterocycles. The van der Waals surface area contributed by atoms with Crippen LogP contribution in [0.15, 0.2) is 24.8 Å². The first kappa shape index (κ1) is 10.3. The molecule has 2 aromatic rings. The standard InChI is InChI=1S/C12H14N4O/c17-12(15-5-2-1-3-6-15)10-8-14-16-7-4-13-9-11(10)16/h4,7-9H,1-3,5-6H2. The number of piperidine rings is 1. The van der Waals surface area contributed by atoms with Gasteiger partial charge in [-0.3, -0.25) is 9.78 Å². The summed E-state index contributed by atoms with van der Waals surface area (Å²) in [4.78, 5) is 18.3. The molecule has 3 rings (SSSR count). The molecular weight excluding hydrogens is 216 g/mol. The van der Waals surface area contributed by atoms with Crippen molar-refractivity contribution in [1.29, 1.82) is 0 Å². The molecule has 0 aromatic carbocycles. The third kappa shape index (κ3) is 1.77. The van der Waals surface area contributed by atoms with Crippen molar-refractivity contribution in [2.45, 2.75) is 19.3 Å². The van der Waals surface area contributed by atoms with Crippen molar-refractivity contribution >= 4 is 11.4 Å². The molecule has 0 bridgehead atoms. The number of nitrogens with zero attached hydrogens (tertiary/aromatic N) is 4. The molecule has 0 aliphatic carbocycles. The Hall–Kier alpha value is -1.91. The van der Waals surface area contributed by atoms with Gasteiger partial charge in [0.25, 0.3) is 5.91 Å². The summed E-state index contributed by atoms with van der Waals surface area (Å²) in [5, 5.41) is 4.16. The number of amides is 1. The fourth-order valence-corrected chi connectivity index (χ4v) is 2.27. The average molecular weight is 230 g/mol. The number of rotatable bonds is 1. The van der Waals surface area contributed by atoms with E-state index in [9.17, 15) is 4.79 Å². The highest BCUT2D eigenvalue weighted by atomic mass is 16.2. The molecule has 0 atom stereocenters. The molecule has 1 amide bonds. The molecule has 1 fully saturated rings. The Morgan fingerprint density at radius 2 is 2.00 bits per heavy atom. The van der Waals surface area contributed by atoms with Crippen molar-refractivity contribution in [3.05, 3.63) is 30.4 Å². The summed E-state index contributed by atoms with van der Waals surface area (Å²) in [5.41, 5.74) is 1.43. The molecular formula is C12H14N4O. The second-order valence-electron chi connectivity index (χ2n) is 4.32. The molecule has 1 aliphatic rings. The van der Waals surface area contributed by atoms with Crippen molar-refractivity contribution in [2.24, 2.45) is 0 Å². The van der Waals surface area contributed by atoms with Gasteiger partial charge in [0.2, 0.25) is 0 Å². The second kappa shape index (κ2) is 4.16. The van der Waals surface area contributed by atoms with Crippen LogP contribution in [0.5, 0.6) is 0 Å². The zero-order valence-electron chi connectivity index (χ0n) is 9.54. The van der Waals surface area contributed by atoms with Crippen molar-refractivity contribution < 1.29 is 4.79 Å². The molecule has 17 heavy (non-hydrogen) atoms. The number of fused-ring (bicyclic) bond motifs is 1. The fourth-order valence-electron chi connectivity index (χ4n) is 2.27. The van der Waals surface area contributed by atoms with E-state index in [0.29, 0.717) is 5.56 Å². The Morgan fingerprint density at radius 3 is 2.82 bits per heavy atom. The van der Waals surface area contributed by atoms with E-state index in [1.54, 1.807) is 29.3 Å². The Labute approximate surface area is 99.1 Å². The van der Waals surface area contributed by atoms with Crippen LogP contribution in [0.25, 0.3) is 5.52 Å². The second-order valence-corrected chi connectivity index (χ2v) is 4.32. The van der Waals surface area contributed by atoms with Gasteiger partial charge in [0.05, 0.1) is 23.5 Å². The van der Waals surface area contributed by atoms with E-state index in [0.717, 1.165) is 31.4 Å². The molecule has 2 aromatic heterocycles. The van der Waals surface area contributed by atoms with Gasteiger partial charge >= 0.3 is 0 Å². The summed E-state index contributed by atoms with van der Waals surface area (Å²) >= 11 is 0. The Kier molecular flexibility index (Phi) is 2.51. The highest BCUT2D eigenvalue weighted by Crippen LogP contribution is 2.16. The first-order valence-corrected chi connectivity index (χ1v) is 5.93. The third-order valence-electron chi connectivity index (χ3n) is 3.20. The summed E-state index contributed by atoms with van der Waals surface area (Å²) in [6, 6.07) is 0. The number of likely N-dealkylation sites (tertiary alicyclic amines) is 1. The van der Waals surface area contributed by atoms with E-state index in [4.69, 9.17) is 0 Å². The highest BCUT2D eigenvalue weighted by Gasteiger charge is 2.21. The monoisotopic (exact) mass is 230 g/mol. The van der Waals surface area contributed by atoms with Crippen LogP contribution < -0.4 is 0 Å². The van der Waals surface area contributed by atoms with Gasteiger partial charge in [-0.1, -0.05) is 0 Å². The third-order valence-corrected chi connectivity index (χ3v) is 3.20. The predicted molar refractivity (Wildman–Crippen MR) is 62.7 cm³/mol. The number of aromatic nitrogens is 3. The zero-order valence-corrected chi connectivity index (χ0v) is 9.54. The minimum atomic E-state index is 0.0766. The molecule has 0 radical (unpaired) electrons. The summed E-state index contributed by atoms with van der Waals surface area (Å²) < 4.78 is 1.68. The molecule has 5 nitrogen and oxygen atoms in total. The molecule has 0 unspecified atom stereocenters. The van der Waals surface area contributed by atoms with Crippen LogP contribution in [-0.2, 0) is 0 Å². The van der Waals surface area contributed by atoms with E-state index < -0.39 is 0 Å². The van der Waals surface area contributed by atoms with Crippen LogP contribution in [0.3, 0.4) is 0 Å². The van der Waals surface area contributed by atoms with Gasteiger partial charge in [-0.15, -0.1) is 0 Å². The number of hydrogen-bond donors (Lipinski definition) is 0. The number of carbonyl (C=O) groups excluding carboxylic acids is 1. The normalized spacial score (nSPS) is 16.4. The lowest BCUT2D eigenvalue weighted by atomic mass is 10.1. The van der Waals surface area contributed by atoms with Gasteiger partial charge in [0.1, 0.15) is 0 Å². The van der Waals surface area contributed by atoms with Gasteiger partial charge in [-0.25, -0.2) is 4.52 Å². The Morgan fingerprint density at radius 1 is 1.18 bits per heavy atom. The van der Waals surface area contributed by atoms with Crippen LogP contribution in [0.1, 0.15) is 29.6 Å². The quantitative estimate of drug-likeness (QED) is 0.743.